The molecule has 0 aliphatic rings. The van der Waals surface area contributed by atoms with Gasteiger partial charge in [-0.15, -0.1) is 0 Å². The molecule has 1 aromatic carbocycles. The molecule has 0 spiro atoms. The minimum atomic E-state index is 0.0158. The number of aromatic hydroxyl groups is 1. The van der Waals surface area contributed by atoms with E-state index in [2.05, 4.69) is 5.32 Å². The van der Waals surface area contributed by atoms with Crippen LogP contribution in [-0.4, -0.2) is 42.7 Å². The Hall–Kier alpha value is -1.75. The lowest BCUT2D eigenvalue weighted by Crippen LogP contribution is -2.36. The number of benzene rings is 1. The number of methoxy groups -OCH3 is 1. The van der Waals surface area contributed by atoms with Gasteiger partial charge in [0.15, 0.2) is 11.5 Å². The minimum absolute atomic E-state index is 0.0158. The van der Waals surface area contributed by atoms with Crippen molar-refractivity contribution >= 4 is 5.91 Å². The number of amides is 1. The summed E-state index contributed by atoms with van der Waals surface area (Å²) < 4.78 is 5.00. The number of likely N-dealkylation sites (N-methyl/N-ethyl adjacent to an activating group) is 2. The van der Waals surface area contributed by atoms with Crippen molar-refractivity contribution in [3.05, 3.63) is 23.8 Å². The van der Waals surface area contributed by atoms with Crippen LogP contribution < -0.4 is 10.1 Å². The zero-order valence-corrected chi connectivity index (χ0v) is 11.8. The maximum absolute atomic E-state index is 11.5. The maximum Gasteiger partial charge on any atom is 0.234 e. The second-order valence-electron chi connectivity index (χ2n) is 4.26. The van der Waals surface area contributed by atoms with Gasteiger partial charge in [0, 0.05) is 13.1 Å². The predicted octanol–water partition coefficient (Wildman–Crippen LogP) is 1.36. The molecule has 106 valence electrons. The Bertz CT molecular complexity index is 421. The number of rotatable bonds is 7. The van der Waals surface area contributed by atoms with E-state index in [0.717, 1.165) is 12.1 Å². The summed E-state index contributed by atoms with van der Waals surface area (Å²) in [6, 6.07) is 5.28. The first kappa shape index (κ1) is 15.3. The first-order valence-electron chi connectivity index (χ1n) is 6.45. The van der Waals surface area contributed by atoms with Gasteiger partial charge in [-0.05, 0) is 31.2 Å². The number of nitrogens with one attached hydrogen (secondary N) is 1. The van der Waals surface area contributed by atoms with Crippen LogP contribution in [0.1, 0.15) is 19.4 Å². The van der Waals surface area contributed by atoms with Crippen LogP contribution in [0, 0.1) is 0 Å². The first-order valence-corrected chi connectivity index (χ1v) is 6.45. The first-order chi connectivity index (χ1) is 9.10. The summed E-state index contributed by atoms with van der Waals surface area (Å²) in [5.74, 6) is 0.590. The molecule has 0 atom stereocenters. The summed E-state index contributed by atoms with van der Waals surface area (Å²) in [5.41, 5.74) is 0.949. The van der Waals surface area contributed by atoms with Gasteiger partial charge < -0.3 is 15.2 Å². The number of phenolic OH excluding ortho intramolecular Hbond substituents is 1. The van der Waals surface area contributed by atoms with Gasteiger partial charge >= 0.3 is 0 Å². The number of hydrogen-bond donors (Lipinski definition) is 2. The molecule has 2 N–H and O–H groups in total. The maximum atomic E-state index is 11.5. The Labute approximate surface area is 114 Å². The molecule has 1 amide bonds. The molecule has 1 rings (SSSR count). The second kappa shape index (κ2) is 7.63. The van der Waals surface area contributed by atoms with Gasteiger partial charge in [0.05, 0.1) is 13.7 Å². The van der Waals surface area contributed by atoms with E-state index >= 15 is 0 Å². The predicted molar refractivity (Wildman–Crippen MR) is 74.3 cm³/mol. The van der Waals surface area contributed by atoms with Crippen molar-refractivity contribution in [2.45, 2.75) is 20.4 Å². The highest BCUT2D eigenvalue weighted by Crippen LogP contribution is 2.26. The van der Waals surface area contributed by atoms with Crippen LogP contribution in [0.5, 0.6) is 11.5 Å². The van der Waals surface area contributed by atoms with E-state index in [9.17, 15) is 9.90 Å². The molecule has 0 unspecified atom stereocenters. The Morgan fingerprint density at radius 3 is 2.68 bits per heavy atom. The van der Waals surface area contributed by atoms with E-state index in [1.165, 1.54) is 7.11 Å². The topological polar surface area (TPSA) is 61.8 Å². The molecule has 0 aromatic heterocycles. The number of phenols is 1. The molecular formula is C14H22N2O3. The normalized spacial score (nSPS) is 10.5. The van der Waals surface area contributed by atoms with Crippen LogP contribution in [0.25, 0.3) is 0 Å². The van der Waals surface area contributed by atoms with Crippen molar-refractivity contribution in [1.29, 1.82) is 0 Å². The summed E-state index contributed by atoms with van der Waals surface area (Å²) >= 11 is 0. The molecule has 0 heterocycles. The summed E-state index contributed by atoms with van der Waals surface area (Å²) in [4.78, 5) is 13.6. The standard InChI is InChI=1S/C14H22N2O3/c1-4-15-14(18)10-16(5-2)9-11-6-7-13(19-3)12(17)8-11/h6-8,17H,4-5,9-10H2,1-3H3,(H,15,18). The van der Waals surface area contributed by atoms with Crippen LogP contribution in [0.3, 0.4) is 0 Å². The van der Waals surface area contributed by atoms with Crippen molar-refractivity contribution in [3.63, 3.8) is 0 Å². The average molecular weight is 266 g/mol. The van der Waals surface area contributed by atoms with E-state index in [1.54, 1.807) is 12.1 Å². The third-order valence-electron chi connectivity index (χ3n) is 2.84. The Kier molecular flexibility index (Phi) is 6.15. The third-order valence-corrected chi connectivity index (χ3v) is 2.84. The van der Waals surface area contributed by atoms with Crippen molar-refractivity contribution in [2.75, 3.05) is 26.7 Å². The monoisotopic (exact) mass is 266 g/mol. The number of nitrogens with zero attached hydrogens (tertiary/aromatic N) is 1. The molecule has 0 fully saturated rings. The Morgan fingerprint density at radius 2 is 2.16 bits per heavy atom. The molecule has 0 saturated heterocycles. The van der Waals surface area contributed by atoms with Crippen LogP contribution in [0.15, 0.2) is 18.2 Å². The van der Waals surface area contributed by atoms with Crippen molar-refractivity contribution in [2.24, 2.45) is 0 Å². The molecule has 0 saturated carbocycles. The van der Waals surface area contributed by atoms with Crippen molar-refractivity contribution in [3.8, 4) is 11.5 Å². The fraction of sp³-hybridized carbons (Fsp3) is 0.500. The highest BCUT2D eigenvalue weighted by molar-refractivity contribution is 5.77. The fourth-order valence-electron chi connectivity index (χ4n) is 1.83. The highest BCUT2D eigenvalue weighted by Gasteiger charge is 2.10. The fourth-order valence-corrected chi connectivity index (χ4v) is 1.83. The van der Waals surface area contributed by atoms with Gasteiger partial charge in [0.2, 0.25) is 5.91 Å². The molecule has 19 heavy (non-hydrogen) atoms. The third kappa shape index (κ3) is 4.79. The molecule has 0 radical (unpaired) electrons. The lowest BCUT2D eigenvalue weighted by atomic mass is 10.2. The molecule has 1 aromatic rings. The molecule has 0 aliphatic heterocycles. The van der Waals surface area contributed by atoms with E-state index < -0.39 is 0 Å². The van der Waals surface area contributed by atoms with Crippen LogP contribution in [0.4, 0.5) is 0 Å². The van der Waals surface area contributed by atoms with Crippen LogP contribution in [-0.2, 0) is 11.3 Å². The van der Waals surface area contributed by atoms with Crippen LogP contribution >= 0.6 is 0 Å². The number of hydrogen-bond acceptors (Lipinski definition) is 4. The summed E-state index contributed by atoms with van der Waals surface area (Å²) in [6.07, 6.45) is 0. The van der Waals surface area contributed by atoms with Gasteiger partial charge in [-0.1, -0.05) is 13.0 Å². The SMILES string of the molecule is CCNC(=O)CN(CC)Cc1ccc(OC)c(O)c1. The Balaban J connectivity index is 2.65. The zero-order chi connectivity index (χ0) is 14.3. The molecule has 0 bridgehead atoms. The van der Waals surface area contributed by atoms with E-state index in [4.69, 9.17) is 4.74 Å². The second-order valence-corrected chi connectivity index (χ2v) is 4.26. The quantitative estimate of drug-likeness (QED) is 0.782. The summed E-state index contributed by atoms with van der Waals surface area (Å²) in [7, 11) is 1.52. The average Bonchev–Trinajstić information content (AvgIpc) is 2.38. The summed E-state index contributed by atoms with van der Waals surface area (Å²) in [5, 5.41) is 12.5. The van der Waals surface area contributed by atoms with E-state index in [1.807, 2.05) is 24.8 Å². The van der Waals surface area contributed by atoms with E-state index in [0.29, 0.717) is 25.4 Å². The number of carbonyl (C=O) groups is 1. The van der Waals surface area contributed by atoms with Gasteiger partial charge in [0.25, 0.3) is 0 Å². The smallest absolute Gasteiger partial charge is 0.234 e. The molecule has 5 heteroatoms. The Morgan fingerprint density at radius 1 is 1.42 bits per heavy atom. The van der Waals surface area contributed by atoms with Gasteiger partial charge in [-0.3, -0.25) is 9.69 Å². The van der Waals surface area contributed by atoms with Crippen LogP contribution in [0.2, 0.25) is 0 Å². The van der Waals surface area contributed by atoms with Gasteiger partial charge in [-0.2, -0.15) is 0 Å². The highest BCUT2D eigenvalue weighted by atomic mass is 16.5. The van der Waals surface area contributed by atoms with Gasteiger partial charge in [0.1, 0.15) is 0 Å². The van der Waals surface area contributed by atoms with Crippen molar-refractivity contribution in [1.82, 2.24) is 10.2 Å². The molecule has 5 nitrogen and oxygen atoms in total. The zero-order valence-electron chi connectivity index (χ0n) is 11.8. The minimum Gasteiger partial charge on any atom is -0.504 e. The van der Waals surface area contributed by atoms with Crippen molar-refractivity contribution < 1.29 is 14.6 Å². The number of ether oxygens (including phenoxy) is 1. The molecular weight excluding hydrogens is 244 g/mol. The van der Waals surface area contributed by atoms with E-state index in [-0.39, 0.29) is 11.7 Å². The largest absolute Gasteiger partial charge is 0.504 e. The van der Waals surface area contributed by atoms with Gasteiger partial charge in [-0.25, -0.2) is 0 Å². The molecule has 0 aliphatic carbocycles. The number of carbonyl (C=O) groups excluding carboxylic acids is 1. The summed E-state index contributed by atoms with van der Waals surface area (Å²) in [6.45, 7) is 6.28. The lowest BCUT2D eigenvalue weighted by molar-refractivity contribution is -0.122. The lowest BCUT2D eigenvalue weighted by Gasteiger charge is -2.20.